The van der Waals surface area contributed by atoms with Gasteiger partial charge in [0.2, 0.25) is 0 Å². The van der Waals surface area contributed by atoms with Crippen LogP contribution in [-0.4, -0.2) is 27.0 Å². The minimum atomic E-state index is -0.636. The van der Waals surface area contributed by atoms with Crippen LogP contribution in [0.15, 0.2) is 36.7 Å². The van der Waals surface area contributed by atoms with E-state index >= 15 is 0 Å². The standard InChI is InChI=1S/C23H35N3O/c1-17(2)19-8-10-22(11-9-19)23(3,27)16-24-13-18-6-5-7-20(12-18)21-14-25-26(4)15-21/h5-7,12,14-15,17,19,22,24,27H,8-11,13,16H2,1-4H3. The molecular weight excluding hydrogens is 334 g/mol. The molecular formula is C23H35N3O. The van der Waals surface area contributed by atoms with Crippen LogP contribution in [0.5, 0.6) is 0 Å². The van der Waals surface area contributed by atoms with Crippen molar-refractivity contribution in [1.29, 1.82) is 0 Å². The highest BCUT2D eigenvalue weighted by molar-refractivity contribution is 5.62. The molecule has 2 aromatic rings. The van der Waals surface area contributed by atoms with E-state index in [1.54, 1.807) is 0 Å². The van der Waals surface area contributed by atoms with Gasteiger partial charge in [-0.25, -0.2) is 0 Å². The smallest absolute Gasteiger partial charge is 0.0771 e. The summed E-state index contributed by atoms with van der Waals surface area (Å²) in [5, 5.41) is 18.7. The summed E-state index contributed by atoms with van der Waals surface area (Å²) in [5.41, 5.74) is 2.91. The quantitative estimate of drug-likeness (QED) is 0.761. The molecule has 1 aliphatic rings. The zero-order valence-electron chi connectivity index (χ0n) is 17.3. The molecule has 1 unspecified atom stereocenters. The van der Waals surface area contributed by atoms with Gasteiger partial charge < -0.3 is 10.4 Å². The zero-order valence-corrected chi connectivity index (χ0v) is 17.3. The van der Waals surface area contributed by atoms with Crippen LogP contribution in [0.2, 0.25) is 0 Å². The van der Waals surface area contributed by atoms with E-state index in [2.05, 4.69) is 48.5 Å². The Labute approximate surface area is 164 Å². The number of aryl methyl sites for hydroxylation is 1. The van der Waals surface area contributed by atoms with E-state index in [4.69, 9.17) is 0 Å². The summed E-state index contributed by atoms with van der Waals surface area (Å²) in [6.07, 6.45) is 8.73. The first-order valence-electron chi connectivity index (χ1n) is 10.4. The van der Waals surface area contributed by atoms with Crippen molar-refractivity contribution in [1.82, 2.24) is 15.1 Å². The highest BCUT2D eigenvalue weighted by atomic mass is 16.3. The van der Waals surface area contributed by atoms with Crippen LogP contribution < -0.4 is 5.32 Å². The van der Waals surface area contributed by atoms with E-state index in [-0.39, 0.29) is 0 Å². The van der Waals surface area contributed by atoms with Gasteiger partial charge in [0, 0.05) is 31.9 Å². The second kappa shape index (κ2) is 8.57. The van der Waals surface area contributed by atoms with Crippen molar-refractivity contribution in [3.05, 3.63) is 42.2 Å². The fraction of sp³-hybridized carbons (Fsp3) is 0.609. The average Bonchev–Trinajstić information content (AvgIpc) is 3.08. The Kier molecular flexibility index (Phi) is 6.38. The van der Waals surface area contributed by atoms with Crippen molar-refractivity contribution < 1.29 is 5.11 Å². The molecule has 1 aromatic carbocycles. The molecule has 4 heteroatoms. The lowest BCUT2D eigenvalue weighted by Gasteiger charge is -2.39. The predicted molar refractivity (Wildman–Crippen MR) is 111 cm³/mol. The van der Waals surface area contributed by atoms with Crippen molar-refractivity contribution in [3.8, 4) is 11.1 Å². The van der Waals surface area contributed by atoms with Crippen molar-refractivity contribution in [3.63, 3.8) is 0 Å². The molecule has 0 bridgehead atoms. The number of hydrogen-bond donors (Lipinski definition) is 2. The predicted octanol–water partition coefficient (Wildman–Crippen LogP) is 4.39. The summed E-state index contributed by atoms with van der Waals surface area (Å²) in [4.78, 5) is 0. The van der Waals surface area contributed by atoms with Crippen molar-refractivity contribution in [2.45, 2.75) is 58.6 Å². The lowest BCUT2D eigenvalue weighted by molar-refractivity contribution is -0.0240. The number of benzene rings is 1. The first kappa shape index (κ1) is 20.1. The van der Waals surface area contributed by atoms with Gasteiger partial charge in [0.15, 0.2) is 0 Å². The Hall–Kier alpha value is -1.65. The molecule has 0 aliphatic heterocycles. The molecule has 27 heavy (non-hydrogen) atoms. The minimum absolute atomic E-state index is 0.404. The SMILES string of the molecule is CC(C)C1CCC(C(C)(O)CNCc2cccc(-c3cnn(C)c3)c2)CC1. The normalized spacial score (nSPS) is 22.7. The Bertz CT molecular complexity index is 727. The number of nitrogens with zero attached hydrogens (tertiary/aromatic N) is 2. The van der Waals surface area contributed by atoms with Gasteiger partial charge in [0.05, 0.1) is 11.8 Å². The Balaban J connectivity index is 1.52. The van der Waals surface area contributed by atoms with Crippen molar-refractivity contribution in [2.24, 2.45) is 24.8 Å². The lowest BCUT2D eigenvalue weighted by atomic mass is 9.71. The second-order valence-electron chi connectivity index (χ2n) is 8.92. The van der Waals surface area contributed by atoms with E-state index < -0.39 is 5.60 Å². The fourth-order valence-corrected chi connectivity index (χ4v) is 4.44. The average molecular weight is 370 g/mol. The molecule has 1 fully saturated rings. The third kappa shape index (κ3) is 5.20. The molecule has 1 atom stereocenters. The third-order valence-corrected chi connectivity index (χ3v) is 6.37. The van der Waals surface area contributed by atoms with Gasteiger partial charge in [-0.3, -0.25) is 4.68 Å². The second-order valence-corrected chi connectivity index (χ2v) is 8.92. The molecule has 0 amide bonds. The van der Waals surface area contributed by atoms with Crippen LogP contribution in [0.1, 0.15) is 52.0 Å². The van der Waals surface area contributed by atoms with E-state index in [1.165, 1.54) is 24.0 Å². The molecule has 1 aromatic heterocycles. The van der Waals surface area contributed by atoms with Gasteiger partial charge >= 0.3 is 0 Å². The maximum atomic E-state index is 11.0. The topological polar surface area (TPSA) is 50.1 Å². The molecule has 3 rings (SSSR count). The molecule has 0 saturated heterocycles. The molecule has 4 nitrogen and oxygen atoms in total. The molecule has 1 heterocycles. The Morgan fingerprint density at radius 3 is 2.59 bits per heavy atom. The van der Waals surface area contributed by atoms with Crippen molar-refractivity contribution in [2.75, 3.05) is 6.54 Å². The first-order valence-corrected chi connectivity index (χ1v) is 10.4. The van der Waals surface area contributed by atoms with E-state index in [9.17, 15) is 5.11 Å². The molecule has 148 valence electrons. The number of nitrogens with one attached hydrogen (secondary N) is 1. The summed E-state index contributed by atoms with van der Waals surface area (Å²) in [5.74, 6) is 2.00. The molecule has 2 N–H and O–H groups in total. The van der Waals surface area contributed by atoms with Crippen molar-refractivity contribution >= 4 is 0 Å². The van der Waals surface area contributed by atoms with Gasteiger partial charge in [-0.05, 0) is 67.6 Å². The lowest BCUT2D eigenvalue weighted by Crippen LogP contribution is -2.45. The molecule has 0 radical (unpaired) electrons. The van der Waals surface area contributed by atoms with Gasteiger partial charge in [-0.2, -0.15) is 5.10 Å². The molecule has 1 aliphatic carbocycles. The summed E-state index contributed by atoms with van der Waals surface area (Å²) in [6.45, 7) is 8.06. The van der Waals surface area contributed by atoms with Gasteiger partial charge in [-0.15, -0.1) is 0 Å². The summed E-state index contributed by atoms with van der Waals surface area (Å²) >= 11 is 0. The van der Waals surface area contributed by atoms with Crippen LogP contribution >= 0.6 is 0 Å². The summed E-state index contributed by atoms with van der Waals surface area (Å²) in [6, 6.07) is 8.54. The largest absolute Gasteiger partial charge is 0.389 e. The number of hydrogen-bond acceptors (Lipinski definition) is 3. The van der Waals surface area contributed by atoms with Crippen LogP contribution in [0.25, 0.3) is 11.1 Å². The fourth-order valence-electron chi connectivity index (χ4n) is 4.44. The van der Waals surface area contributed by atoms with Gasteiger partial charge in [0.25, 0.3) is 0 Å². The minimum Gasteiger partial charge on any atom is -0.389 e. The number of aliphatic hydroxyl groups is 1. The maximum Gasteiger partial charge on any atom is 0.0771 e. The highest BCUT2D eigenvalue weighted by Gasteiger charge is 2.35. The van der Waals surface area contributed by atoms with Crippen LogP contribution in [-0.2, 0) is 13.6 Å². The van der Waals surface area contributed by atoms with E-state index in [0.717, 1.165) is 36.8 Å². The monoisotopic (exact) mass is 369 g/mol. The Morgan fingerprint density at radius 1 is 1.22 bits per heavy atom. The molecule has 1 saturated carbocycles. The Morgan fingerprint density at radius 2 is 1.96 bits per heavy atom. The number of rotatable bonds is 7. The number of aromatic nitrogens is 2. The zero-order chi connectivity index (χ0) is 19.4. The summed E-state index contributed by atoms with van der Waals surface area (Å²) in [7, 11) is 1.94. The van der Waals surface area contributed by atoms with Crippen LogP contribution in [0, 0.1) is 17.8 Å². The van der Waals surface area contributed by atoms with Gasteiger partial charge in [0.1, 0.15) is 0 Å². The molecule has 0 spiro atoms. The maximum absolute atomic E-state index is 11.0. The van der Waals surface area contributed by atoms with E-state index in [1.807, 2.05) is 31.0 Å². The van der Waals surface area contributed by atoms with Gasteiger partial charge in [-0.1, -0.05) is 32.0 Å². The van der Waals surface area contributed by atoms with E-state index in [0.29, 0.717) is 12.5 Å². The van der Waals surface area contributed by atoms with Crippen LogP contribution in [0.3, 0.4) is 0 Å². The highest BCUT2D eigenvalue weighted by Crippen LogP contribution is 2.38. The summed E-state index contributed by atoms with van der Waals surface area (Å²) < 4.78 is 1.82. The van der Waals surface area contributed by atoms with Crippen LogP contribution in [0.4, 0.5) is 0 Å². The first-order chi connectivity index (χ1) is 12.8. The third-order valence-electron chi connectivity index (χ3n) is 6.37.